The third kappa shape index (κ3) is 4.61. The van der Waals surface area contributed by atoms with E-state index in [2.05, 4.69) is 162 Å². The highest BCUT2D eigenvalue weighted by Gasteiger charge is 2.29. The molecule has 0 aliphatic carbocycles. The minimum atomic E-state index is -0.327. The Morgan fingerprint density at radius 1 is 0.490 bits per heavy atom. The lowest BCUT2D eigenvalue weighted by Gasteiger charge is -2.33. The number of aliphatic imine (C=N–C) groups is 1. The summed E-state index contributed by atoms with van der Waals surface area (Å²) in [5.74, 6) is 0.856. The summed E-state index contributed by atoms with van der Waals surface area (Å²) in [5.41, 5.74) is 7.45. The number of hydrogen-bond donors (Lipinski definition) is 2. The van der Waals surface area contributed by atoms with Gasteiger partial charge in [0.25, 0.3) is 0 Å². The summed E-state index contributed by atoms with van der Waals surface area (Å²) in [6.45, 7) is 0. The predicted molar refractivity (Wildman–Crippen MR) is 203 cm³/mol. The molecule has 0 radical (unpaired) electrons. The molecular weight excluding hydrogens is 599 g/mol. The molecule has 2 N–H and O–H groups in total. The summed E-state index contributed by atoms with van der Waals surface area (Å²) in [6.07, 6.45) is -0.578. The van der Waals surface area contributed by atoms with E-state index >= 15 is 0 Å². The lowest BCUT2D eigenvalue weighted by molar-refractivity contribution is 0.411. The van der Waals surface area contributed by atoms with Crippen LogP contribution in [0.2, 0.25) is 0 Å². The molecule has 8 aromatic carbocycles. The number of benzene rings is 8. The number of amidine groups is 1. The van der Waals surface area contributed by atoms with Gasteiger partial charge in [-0.1, -0.05) is 133 Å². The number of fused-ring (bicyclic) bond motifs is 7. The van der Waals surface area contributed by atoms with Crippen LogP contribution in [0.1, 0.15) is 29.0 Å². The number of hydrogen-bond acceptors (Lipinski definition) is 4. The van der Waals surface area contributed by atoms with E-state index in [4.69, 9.17) is 9.41 Å². The molecule has 1 aliphatic heterocycles. The van der Waals surface area contributed by atoms with Crippen molar-refractivity contribution in [3.63, 3.8) is 0 Å². The largest absolute Gasteiger partial charge is 0.456 e. The van der Waals surface area contributed by atoms with Gasteiger partial charge < -0.3 is 9.73 Å². The van der Waals surface area contributed by atoms with Crippen LogP contribution in [0, 0.1) is 0 Å². The Morgan fingerprint density at radius 2 is 1.14 bits per heavy atom. The highest BCUT2D eigenvalue weighted by molar-refractivity contribution is 6.19. The SMILES string of the molecule is c1ccc(-c2cc(C3N=C(c4cc5ccccc5c5ccccc45)NC(c4cccc5oc6ccccc6c45)N3)cc3ccccc23)cc1. The molecule has 0 spiro atoms. The second-order valence-electron chi connectivity index (χ2n) is 12.8. The summed E-state index contributed by atoms with van der Waals surface area (Å²) in [7, 11) is 0. The number of furan rings is 1. The van der Waals surface area contributed by atoms with Crippen LogP contribution < -0.4 is 10.6 Å². The zero-order valence-electron chi connectivity index (χ0n) is 26.6. The fourth-order valence-electron chi connectivity index (χ4n) is 7.67. The summed E-state index contributed by atoms with van der Waals surface area (Å²) in [6, 6.07) is 58.1. The van der Waals surface area contributed by atoms with Crippen LogP contribution in [-0.2, 0) is 0 Å². The molecule has 2 heterocycles. The van der Waals surface area contributed by atoms with Gasteiger partial charge in [0.2, 0.25) is 0 Å². The molecule has 49 heavy (non-hydrogen) atoms. The summed E-state index contributed by atoms with van der Waals surface area (Å²) >= 11 is 0. The lowest BCUT2D eigenvalue weighted by atomic mass is 9.93. The third-order valence-corrected chi connectivity index (χ3v) is 9.92. The van der Waals surface area contributed by atoms with Gasteiger partial charge in [-0.3, -0.25) is 5.32 Å². The van der Waals surface area contributed by atoms with Crippen LogP contribution in [0.5, 0.6) is 0 Å². The summed E-state index contributed by atoms with van der Waals surface area (Å²) < 4.78 is 6.34. The Balaban J connectivity index is 1.22. The Labute approximate surface area is 283 Å². The summed E-state index contributed by atoms with van der Waals surface area (Å²) in [5, 5.41) is 17.2. The first-order valence-electron chi connectivity index (χ1n) is 16.8. The van der Waals surface area contributed by atoms with Gasteiger partial charge in [0.1, 0.15) is 29.3 Å². The van der Waals surface area contributed by atoms with Crippen LogP contribution in [0.15, 0.2) is 173 Å². The van der Waals surface area contributed by atoms with Crippen LogP contribution in [0.4, 0.5) is 0 Å². The average Bonchev–Trinajstić information content (AvgIpc) is 3.56. The lowest BCUT2D eigenvalue weighted by Crippen LogP contribution is -2.45. The first kappa shape index (κ1) is 27.8. The Hall–Kier alpha value is -6.23. The van der Waals surface area contributed by atoms with E-state index in [1.165, 1.54) is 43.4 Å². The first-order valence-corrected chi connectivity index (χ1v) is 16.8. The van der Waals surface area contributed by atoms with Crippen molar-refractivity contribution in [1.82, 2.24) is 10.6 Å². The molecule has 4 nitrogen and oxygen atoms in total. The maximum Gasteiger partial charge on any atom is 0.135 e. The minimum absolute atomic E-state index is 0.251. The molecule has 1 aromatic heterocycles. The Bertz CT molecular complexity index is 2740. The van der Waals surface area contributed by atoms with Gasteiger partial charge in [0, 0.05) is 21.9 Å². The molecule has 232 valence electrons. The topological polar surface area (TPSA) is 49.6 Å². The fourth-order valence-corrected chi connectivity index (χ4v) is 7.67. The standard InChI is InChI=1S/C45H31N3O/c1-2-13-28(14-3-1)38-27-31(25-29-15-4-7-18-33(29)38)43-46-44(37-22-12-24-41-42(37)36-21-10-11-23-40(36)49-41)48-45(47-43)39-26-30-16-5-6-17-32(30)34-19-8-9-20-35(34)39/h1-27,43-44,46H,(H,47,48). The van der Waals surface area contributed by atoms with Crippen LogP contribution in [0.3, 0.4) is 0 Å². The molecule has 10 rings (SSSR count). The van der Waals surface area contributed by atoms with E-state index in [0.717, 1.165) is 44.5 Å². The normalized spacial score (nSPS) is 16.4. The van der Waals surface area contributed by atoms with Crippen molar-refractivity contribution >= 4 is 60.1 Å². The van der Waals surface area contributed by atoms with Crippen molar-refractivity contribution in [2.75, 3.05) is 0 Å². The van der Waals surface area contributed by atoms with Crippen molar-refractivity contribution in [3.8, 4) is 11.1 Å². The van der Waals surface area contributed by atoms with Crippen molar-refractivity contribution in [2.45, 2.75) is 12.3 Å². The van der Waals surface area contributed by atoms with E-state index < -0.39 is 0 Å². The van der Waals surface area contributed by atoms with Crippen molar-refractivity contribution in [2.24, 2.45) is 4.99 Å². The van der Waals surface area contributed by atoms with Gasteiger partial charge in [-0.15, -0.1) is 0 Å². The number of nitrogens with zero attached hydrogens (tertiary/aromatic N) is 1. The second kappa shape index (κ2) is 11.2. The van der Waals surface area contributed by atoms with E-state index in [1.54, 1.807) is 0 Å². The predicted octanol–water partition coefficient (Wildman–Crippen LogP) is 11.0. The molecule has 0 fully saturated rings. The monoisotopic (exact) mass is 629 g/mol. The van der Waals surface area contributed by atoms with E-state index in [1.807, 2.05) is 12.1 Å². The highest BCUT2D eigenvalue weighted by atomic mass is 16.3. The average molecular weight is 630 g/mol. The van der Waals surface area contributed by atoms with Crippen molar-refractivity contribution in [1.29, 1.82) is 0 Å². The molecule has 1 aliphatic rings. The molecular formula is C45H31N3O. The van der Waals surface area contributed by atoms with Gasteiger partial charge in [-0.2, -0.15) is 0 Å². The Kier molecular flexibility index (Phi) is 6.36. The number of para-hydroxylation sites is 1. The zero-order valence-corrected chi connectivity index (χ0v) is 26.6. The highest BCUT2D eigenvalue weighted by Crippen LogP contribution is 2.39. The molecule has 4 heteroatoms. The maximum atomic E-state index is 6.34. The van der Waals surface area contributed by atoms with Gasteiger partial charge >= 0.3 is 0 Å². The van der Waals surface area contributed by atoms with E-state index in [0.29, 0.717) is 0 Å². The maximum absolute atomic E-state index is 6.34. The van der Waals surface area contributed by atoms with Gasteiger partial charge in [-0.05, 0) is 79.3 Å². The van der Waals surface area contributed by atoms with Crippen LogP contribution in [-0.4, -0.2) is 5.84 Å². The van der Waals surface area contributed by atoms with Crippen molar-refractivity contribution in [3.05, 3.63) is 180 Å². The number of nitrogens with one attached hydrogen (secondary N) is 2. The smallest absolute Gasteiger partial charge is 0.135 e. The van der Waals surface area contributed by atoms with Gasteiger partial charge in [0.05, 0.1) is 0 Å². The molecule has 0 saturated heterocycles. The third-order valence-electron chi connectivity index (χ3n) is 9.92. The van der Waals surface area contributed by atoms with Gasteiger partial charge in [-0.25, -0.2) is 4.99 Å². The first-order chi connectivity index (χ1) is 24.3. The molecule has 2 unspecified atom stereocenters. The van der Waals surface area contributed by atoms with Gasteiger partial charge in [0.15, 0.2) is 0 Å². The Morgan fingerprint density at radius 3 is 1.98 bits per heavy atom. The molecule has 0 bridgehead atoms. The molecule has 0 saturated carbocycles. The zero-order chi connectivity index (χ0) is 32.3. The molecule has 9 aromatic rings. The van der Waals surface area contributed by atoms with Crippen molar-refractivity contribution < 1.29 is 4.42 Å². The van der Waals surface area contributed by atoms with Crippen LogP contribution >= 0.6 is 0 Å². The minimum Gasteiger partial charge on any atom is -0.456 e. The second-order valence-corrected chi connectivity index (χ2v) is 12.8. The molecule has 2 atom stereocenters. The number of rotatable bonds is 4. The summed E-state index contributed by atoms with van der Waals surface area (Å²) in [4.78, 5) is 5.50. The molecule has 0 amide bonds. The quantitative estimate of drug-likeness (QED) is 0.190. The van der Waals surface area contributed by atoms with E-state index in [-0.39, 0.29) is 12.3 Å². The fraction of sp³-hybridized carbons (Fsp3) is 0.0444. The van der Waals surface area contributed by atoms with E-state index in [9.17, 15) is 0 Å². The van der Waals surface area contributed by atoms with Crippen LogP contribution in [0.25, 0.3) is 65.4 Å².